The predicted octanol–water partition coefficient (Wildman–Crippen LogP) is 1.07. The predicted molar refractivity (Wildman–Crippen MR) is 75.0 cm³/mol. The minimum Gasteiger partial charge on any atom is -0.336 e. The van der Waals surface area contributed by atoms with Gasteiger partial charge in [-0.15, -0.1) is 0 Å². The van der Waals surface area contributed by atoms with Gasteiger partial charge in [-0.1, -0.05) is 13.0 Å². The molecule has 0 spiro atoms. The Kier molecular flexibility index (Phi) is 3.53. The van der Waals surface area contributed by atoms with Crippen molar-refractivity contribution >= 4 is 5.91 Å². The Hall–Kier alpha value is -1.39. The molecule has 0 saturated carbocycles. The lowest BCUT2D eigenvalue weighted by Crippen LogP contribution is -2.46. The molecule has 2 aliphatic rings. The van der Waals surface area contributed by atoms with Crippen LogP contribution in [-0.2, 0) is 13.1 Å². The van der Waals surface area contributed by atoms with E-state index in [1.54, 1.807) is 0 Å². The highest BCUT2D eigenvalue weighted by Crippen LogP contribution is 2.24. The molecule has 4 heteroatoms. The molecule has 2 aliphatic heterocycles. The number of benzene rings is 1. The molecule has 1 N–H and O–H groups in total. The molecule has 0 bridgehead atoms. The number of hydrogen-bond acceptors (Lipinski definition) is 3. The summed E-state index contributed by atoms with van der Waals surface area (Å²) in [6, 6.07) is 6.21. The minimum absolute atomic E-state index is 0.180. The van der Waals surface area contributed by atoms with Crippen LogP contribution in [-0.4, -0.2) is 48.4 Å². The fourth-order valence-electron chi connectivity index (χ4n) is 2.87. The lowest BCUT2D eigenvalue weighted by molar-refractivity contribution is 0.0735. The van der Waals surface area contributed by atoms with Gasteiger partial charge < -0.3 is 10.2 Å². The van der Waals surface area contributed by atoms with Crippen molar-refractivity contribution in [3.8, 4) is 0 Å². The van der Waals surface area contributed by atoms with Crippen LogP contribution in [0, 0.1) is 0 Å². The molecule has 1 aromatic rings. The third kappa shape index (κ3) is 2.51. The molecule has 0 unspecified atom stereocenters. The van der Waals surface area contributed by atoms with Crippen molar-refractivity contribution in [1.82, 2.24) is 15.1 Å². The first-order valence-electron chi connectivity index (χ1n) is 7.12. The van der Waals surface area contributed by atoms with E-state index in [1.807, 2.05) is 11.0 Å². The van der Waals surface area contributed by atoms with Gasteiger partial charge in [0.25, 0.3) is 5.91 Å². The van der Waals surface area contributed by atoms with Crippen LogP contribution in [0.25, 0.3) is 0 Å². The highest BCUT2D eigenvalue weighted by Gasteiger charge is 2.22. The molecule has 1 saturated heterocycles. The molecule has 0 aliphatic carbocycles. The zero-order chi connectivity index (χ0) is 13.2. The largest absolute Gasteiger partial charge is 0.336 e. The Balaban J connectivity index is 1.77. The fraction of sp³-hybridized carbons (Fsp3) is 0.533. The molecule has 1 aromatic carbocycles. The normalized spacial score (nSPS) is 19.5. The van der Waals surface area contributed by atoms with Crippen molar-refractivity contribution in [1.29, 1.82) is 0 Å². The smallest absolute Gasteiger partial charge is 0.253 e. The van der Waals surface area contributed by atoms with Gasteiger partial charge in [-0.2, -0.15) is 0 Å². The lowest BCUT2D eigenvalue weighted by atomic mass is 10.1. The van der Waals surface area contributed by atoms with Gasteiger partial charge >= 0.3 is 0 Å². The van der Waals surface area contributed by atoms with E-state index < -0.39 is 0 Å². The monoisotopic (exact) mass is 259 g/mol. The van der Waals surface area contributed by atoms with Crippen molar-refractivity contribution in [2.24, 2.45) is 0 Å². The molecule has 4 nitrogen and oxygen atoms in total. The maximum Gasteiger partial charge on any atom is 0.253 e. The summed E-state index contributed by atoms with van der Waals surface area (Å²) in [5.41, 5.74) is 3.54. The topological polar surface area (TPSA) is 35.6 Å². The van der Waals surface area contributed by atoms with Gasteiger partial charge in [0.05, 0.1) is 0 Å². The van der Waals surface area contributed by atoms with Crippen molar-refractivity contribution in [3.63, 3.8) is 0 Å². The number of nitrogens with zero attached hydrogens (tertiary/aromatic N) is 2. The number of nitrogens with one attached hydrogen (secondary N) is 1. The van der Waals surface area contributed by atoms with Gasteiger partial charge in [-0.3, -0.25) is 9.69 Å². The number of piperazine rings is 1. The molecule has 19 heavy (non-hydrogen) atoms. The van der Waals surface area contributed by atoms with Gasteiger partial charge in [0.1, 0.15) is 0 Å². The standard InChI is InChI=1S/C15H21N3O/c1-2-17-10-13-4-3-12(9-14(13)11-17)15(19)18-7-5-16-6-8-18/h3-4,9,16H,2,5-8,10-11H2,1H3. The molecular weight excluding hydrogens is 238 g/mol. The number of hydrogen-bond donors (Lipinski definition) is 1. The van der Waals surface area contributed by atoms with Crippen LogP contribution < -0.4 is 5.32 Å². The Morgan fingerprint density at radius 2 is 1.95 bits per heavy atom. The SMILES string of the molecule is CCN1Cc2ccc(C(=O)N3CCNCC3)cc2C1. The van der Waals surface area contributed by atoms with Crippen LogP contribution in [0.2, 0.25) is 0 Å². The number of amides is 1. The highest BCUT2D eigenvalue weighted by molar-refractivity contribution is 5.94. The average Bonchev–Trinajstić information content (AvgIpc) is 2.89. The summed E-state index contributed by atoms with van der Waals surface area (Å²) in [5, 5.41) is 3.28. The van der Waals surface area contributed by atoms with E-state index in [0.29, 0.717) is 0 Å². The van der Waals surface area contributed by atoms with E-state index in [-0.39, 0.29) is 5.91 Å². The maximum atomic E-state index is 12.4. The highest BCUT2D eigenvalue weighted by atomic mass is 16.2. The van der Waals surface area contributed by atoms with Crippen LogP contribution in [0.15, 0.2) is 18.2 Å². The lowest BCUT2D eigenvalue weighted by Gasteiger charge is -2.27. The van der Waals surface area contributed by atoms with E-state index in [4.69, 9.17) is 0 Å². The van der Waals surface area contributed by atoms with Crippen molar-refractivity contribution in [3.05, 3.63) is 34.9 Å². The first kappa shape index (κ1) is 12.6. The summed E-state index contributed by atoms with van der Waals surface area (Å²) in [6.45, 7) is 8.69. The molecule has 0 aromatic heterocycles. The van der Waals surface area contributed by atoms with E-state index in [0.717, 1.165) is 51.4 Å². The second-order valence-electron chi connectivity index (χ2n) is 5.33. The number of fused-ring (bicyclic) bond motifs is 1. The van der Waals surface area contributed by atoms with E-state index in [9.17, 15) is 4.79 Å². The molecule has 2 heterocycles. The number of carbonyl (C=O) groups excluding carboxylic acids is 1. The van der Waals surface area contributed by atoms with Gasteiger partial charge in [-0.05, 0) is 29.8 Å². The summed E-state index contributed by atoms with van der Waals surface area (Å²) in [7, 11) is 0. The van der Waals surface area contributed by atoms with Gasteiger partial charge in [0.15, 0.2) is 0 Å². The third-order valence-electron chi connectivity index (χ3n) is 4.09. The zero-order valence-corrected chi connectivity index (χ0v) is 11.5. The molecule has 0 radical (unpaired) electrons. The van der Waals surface area contributed by atoms with E-state index in [1.165, 1.54) is 11.1 Å². The van der Waals surface area contributed by atoms with Crippen LogP contribution in [0.1, 0.15) is 28.4 Å². The summed E-state index contributed by atoms with van der Waals surface area (Å²) in [6.07, 6.45) is 0. The Labute approximate surface area is 114 Å². The van der Waals surface area contributed by atoms with Gasteiger partial charge in [0.2, 0.25) is 0 Å². The summed E-state index contributed by atoms with van der Waals surface area (Å²) >= 11 is 0. The second kappa shape index (κ2) is 5.31. The Morgan fingerprint density at radius 3 is 2.68 bits per heavy atom. The molecule has 1 fully saturated rings. The summed E-state index contributed by atoms with van der Waals surface area (Å²) < 4.78 is 0. The number of rotatable bonds is 2. The van der Waals surface area contributed by atoms with E-state index >= 15 is 0 Å². The summed E-state index contributed by atoms with van der Waals surface area (Å²) in [4.78, 5) is 16.8. The van der Waals surface area contributed by atoms with Crippen LogP contribution in [0.4, 0.5) is 0 Å². The fourth-order valence-corrected chi connectivity index (χ4v) is 2.87. The summed E-state index contributed by atoms with van der Waals surface area (Å²) in [5.74, 6) is 0.180. The first-order chi connectivity index (χ1) is 9.28. The molecule has 3 rings (SSSR count). The van der Waals surface area contributed by atoms with Gasteiger partial charge in [-0.25, -0.2) is 0 Å². The Morgan fingerprint density at radius 1 is 1.21 bits per heavy atom. The van der Waals surface area contributed by atoms with Gasteiger partial charge in [0, 0.05) is 44.8 Å². The quantitative estimate of drug-likeness (QED) is 0.863. The molecule has 0 atom stereocenters. The maximum absolute atomic E-state index is 12.4. The number of carbonyl (C=O) groups is 1. The van der Waals surface area contributed by atoms with Crippen LogP contribution >= 0.6 is 0 Å². The van der Waals surface area contributed by atoms with Crippen LogP contribution in [0.3, 0.4) is 0 Å². The minimum atomic E-state index is 0.180. The second-order valence-corrected chi connectivity index (χ2v) is 5.33. The van der Waals surface area contributed by atoms with Crippen molar-refractivity contribution in [2.45, 2.75) is 20.0 Å². The van der Waals surface area contributed by atoms with Crippen LogP contribution in [0.5, 0.6) is 0 Å². The molecule has 102 valence electrons. The third-order valence-corrected chi connectivity index (χ3v) is 4.09. The Bertz CT molecular complexity index is 480. The van der Waals surface area contributed by atoms with E-state index in [2.05, 4.69) is 29.3 Å². The van der Waals surface area contributed by atoms with Crippen molar-refractivity contribution in [2.75, 3.05) is 32.7 Å². The zero-order valence-electron chi connectivity index (χ0n) is 11.5. The molecule has 1 amide bonds. The average molecular weight is 259 g/mol. The first-order valence-corrected chi connectivity index (χ1v) is 7.12. The van der Waals surface area contributed by atoms with Crippen molar-refractivity contribution < 1.29 is 4.79 Å². The molecular formula is C15H21N3O.